The highest BCUT2D eigenvalue weighted by atomic mass is 32.2. The molecule has 0 amide bonds. The summed E-state index contributed by atoms with van der Waals surface area (Å²) < 4.78 is 31.1. The lowest BCUT2D eigenvalue weighted by Gasteiger charge is -2.39. The van der Waals surface area contributed by atoms with E-state index in [1.165, 1.54) is 0 Å². The zero-order valence-corrected chi connectivity index (χ0v) is 18.4. The Morgan fingerprint density at radius 1 is 1.34 bits per heavy atom. The number of amidine groups is 1. The molecule has 1 aromatic rings. The van der Waals surface area contributed by atoms with E-state index in [9.17, 15) is 13.5 Å². The maximum Gasteiger partial charge on any atom is 0.233 e. The van der Waals surface area contributed by atoms with Crippen molar-refractivity contribution in [2.24, 2.45) is 10.8 Å². The smallest absolute Gasteiger partial charge is 0.233 e. The average Bonchev–Trinajstić information content (AvgIpc) is 2.64. The molecule has 1 aromatic carbocycles. The largest absolute Gasteiger partial charge is 0.593 e. The van der Waals surface area contributed by atoms with Crippen LogP contribution in [0.2, 0.25) is 0 Å². The number of hydrogen-bond donors (Lipinski definition) is 2. The van der Waals surface area contributed by atoms with Gasteiger partial charge in [0.2, 0.25) is 15.9 Å². The number of aryl methyl sites for hydroxylation is 1. The number of sulfonamides is 1. The van der Waals surface area contributed by atoms with Gasteiger partial charge in [0.25, 0.3) is 0 Å². The molecular formula is C20H31N4O4S-. The standard InChI is InChI=1S/C20H31N4O4S/c1-15-8-10-19(11-9-15)16(2)28-18(4)22-17(3)24(29(6,26)27)13-7-12-20(5,14-25)23-21/h8-11,25H,2,4,7,12-14,21H2,1,3,5-6H3/q-1. The van der Waals surface area contributed by atoms with Crippen LogP contribution >= 0.6 is 0 Å². The van der Waals surface area contributed by atoms with Crippen molar-refractivity contribution in [2.45, 2.75) is 39.2 Å². The van der Waals surface area contributed by atoms with E-state index in [1.54, 1.807) is 13.8 Å². The lowest BCUT2D eigenvalue weighted by atomic mass is 9.98. The summed E-state index contributed by atoms with van der Waals surface area (Å²) in [5.41, 5.74) is 4.74. The van der Waals surface area contributed by atoms with Gasteiger partial charge >= 0.3 is 0 Å². The van der Waals surface area contributed by atoms with Crippen molar-refractivity contribution in [2.75, 3.05) is 19.4 Å². The first kappa shape index (κ1) is 24.8. The fraction of sp³-hybridized carbons (Fsp3) is 0.450. The molecule has 1 unspecified atom stereocenters. The first-order valence-corrected chi connectivity index (χ1v) is 11.0. The number of nitrogens with two attached hydrogens (primary N) is 1. The second-order valence-corrected chi connectivity index (χ2v) is 9.07. The monoisotopic (exact) mass is 423 g/mol. The van der Waals surface area contributed by atoms with Crippen molar-refractivity contribution in [3.05, 3.63) is 59.9 Å². The van der Waals surface area contributed by atoms with E-state index in [2.05, 4.69) is 23.6 Å². The number of ether oxygens (including phenoxy) is 1. The average molecular weight is 424 g/mol. The van der Waals surface area contributed by atoms with Gasteiger partial charge in [0, 0.05) is 18.7 Å². The van der Waals surface area contributed by atoms with Crippen LogP contribution in [-0.2, 0) is 14.8 Å². The van der Waals surface area contributed by atoms with E-state index in [-0.39, 0.29) is 24.9 Å². The van der Waals surface area contributed by atoms with Crippen molar-refractivity contribution < 1.29 is 18.3 Å². The van der Waals surface area contributed by atoms with Gasteiger partial charge in [-0.3, -0.25) is 4.31 Å². The van der Waals surface area contributed by atoms with Crippen LogP contribution in [0, 0.1) is 6.92 Å². The van der Waals surface area contributed by atoms with Crippen molar-refractivity contribution in [3.63, 3.8) is 0 Å². The minimum Gasteiger partial charge on any atom is -0.593 e. The predicted octanol–water partition coefficient (Wildman–Crippen LogP) is 2.91. The Hall–Kier alpha value is -2.20. The SMILES string of the molecule is C=C(N=C(C)N(CCCC(C)(CO)[N-]N)S(C)(=O)=O)OC(=C)c1ccc(C)cc1. The third-order valence-corrected chi connectivity index (χ3v) is 5.64. The van der Waals surface area contributed by atoms with E-state index in [1.807, 2.05) is 31.2 Å². The van der Waals surface area contributed by atoms with Gasteiger partial charge in [0.1, 0.15) is 11.6 Å². The Labute approximate surface area is 173 Å². The Bertz CT molecular complexity index is 844. The van der Waals surface area contributed by atoms with Crippen LogP contribution < -0.4 is 5.84 Å². The fourth-order valence-corrected chi connectivity index (χ4v) is 3.54. The van der Waals surface area contributed by atoms with Gasteiger partial charge in [-0.25, -0.2) is 13.4 Å². The number of aliphatic imine (C=N–C) groups is 1. The number of aliphatic hydroxyl groups is 1. The highest BCUT2D eigenvalue weighted by molar-refractivity contribution is 7.88. The third-order valence-electron chi connectivity index (χ3n) is 4.39. The van der Waals surface area contributed by atoms with Gasteiger partial charge in [0.15, 0.2) is 0 Å². The zero-order chi connectivity index (χ0) is 22.2. The lowest BCUT2D eigenvalue weighted by molar-refractivity contribution is 0.215. The molecule has 0 fully saturated rings. The summed E-state index contributed by atoms with van der Waals surface area (Å²) in [6, 6.07) is 7.59. The molecule has 0 aromatic heterocycles. The highest BCUT2D eigenvalue weighted by Gasteiger charge is 2.20. The summed E-state index contributed by atoms with van der Waals surface area (Å²) in [5, 5.41) is 9.37. The molecule has 162 valence electrons. The molecule has 0 saturated heterocycles. The Morgan fingerprint density at radius 2 is 1.93 bits per heavy atom. The van der Waals surface area contributed by atoms with Crippen LogP contribution in [0.4, 0.5) is 0 Å². The van der Waals surface area contributed by atoms with E-state index >= 15 is 0 Å². The van der Waals surface area contributed by atoms with E-state index < -0.39 is 15.6 Å². The van der Waals surface area contributed by atoms with Gasteiger partial charge in [-0.05, 0) is 26.8 Å². The van der Waals surface area contributed by atoms with Gasteiger partial charge in [-0.2, -0.15) is 0 Å². The minimum absolute atomic E-state index is 0.0267. The maximum atomic E-state index is 12.2. The molecule has 9 heteroatoms. The van der Waals surface area contributed by atoms with E-state index in [0.29, 0.717) is 18.6 Å². The van der Waals surface area contributed by atoms with Crippen LogP contribution in [0.5, 0.6) is 0 Å². The van der Waals surface area contributed by atoms with Crippen molar-refractivity contribution in [1.82, 2.24) is 4.31 Å². The highest BCUT2D eigenvalue weighted by Crippen LogP contribution is 2.21. The molecule has 0 bridgehead atoms. The van der Waals surface area contributed by atoms with Crippen molar-refractivity contribution in [1.29, 1.82) is 0 Å². The predicted molar refractivity (Wildman–Crippen MR) is 117 cm³/mol. The second kappa shape index (κ2) is 10.5. The molecule has 0 spiro atoms. The molecule has 0 aliphatic heterocycles. The van der Waals surface area contributed by atoms with Crippen molar-refractivity contribution >= 4 is 21.6 Å². The summed E-state index contributed by atoms with van der Waals surface area (Å²) in [6.45, 7) is 12.8. The van der Waals surface area contributed by atoms with Crippen LogP contribution in [0.15, 0.2) is 48.3 Å². The maximum absolute atomic E-state index is 12.2. The first-order valence-electron chi connectivity index (χ1n) is 9.10. The number of rotatable bonds is 11. The van der Waals surface area contributed by atoms with Crippen LogP contribution in [0.1, 0.15) is 37.8 Å². The van der Waals surface area contributed by atoms with E-state index in [0.717, 1.165) is 21.7 Å². The van der Waals surface area contributed by atoms with Crippen molar-refractivity contribution in [3.8, 4) is 0 Å². The van der Waals surface area contributed by atoms with Crippen LogP contribution in [0.25, 0.3) is 11.2 Å². The summed E-state index contributed by atoms with van der Waals surface area (Å²) in [5.74, 6) is 5.92. The first-order chi connectivity index (χ1) is 13.4. The number of hydrogen-bond acceptors (Lipinski definition) is 6. The van der Waals surface area contributed by atoms with Crippen LogP contribution in [-0.4, -0.2) is 48.6 Å². The topological polar surface area (TPSA) is 119 Å². The fourth-order valence-electron chi connectivity index (χ4n) is 2.56. The number of aliphatic hydroxyl groups excluding tert-OH is 1. The Balaban J connectivity index is 2.83. The van der Waals surface area contributed by atoms with Gasteiger partial charge in [-0.15, -0.1) is 0 Å². The third kappa shape index (κ3) is 7.98. The minimum atomic E-state index is -3.57. The summed E-state index contributed by atoms with van der Waals surface area (Å²) in [7, 11) is -3.57. The molecule has 0 radical (unpaired) electrons. The molecule has 0 saturated carbocycles. The summed E-state index contributed by atoms with van der Waals surface area (Å²) in [6.07, 6.45) is 1.95. The Kier molecular flexibility index (Phi) is 9.03. The van der Waals surface area contributed by atoms with Crippen LogP contribution in [0.3, 0.4) is 0 Å². The van der Waals surface area contributed by atoms with E-state index in [4.69, 9.17) is 10.6 Å². The van der Waals surface area contributed by atoms with Gasteiger partial charge in [-0.1, -0.05) is 55.3 Å². The van der Waals surface area contributed by atoms with Gasteiger partial charge < -0.3 is 21.1 Å². The Morgan fingerprint density at radius 3 is 2.41 bits per heavy atom. The molecule has 3 N–H and O–H groups in total. The number of benzene rings is 1. The van der Waals surface area contributed by atoms with Gasteiger partial charge in [0.05, 0.1) is 6.26 Å². The molecule has 1 rings (SSSR count). The zero-order valence-electron chi connectivity index (χ0n) is 17.6. The molecule has 1 atom stereocenters. The normalized spacial score (nSPS) is 14.2. The molecule has 29 heavy (non-hydrogen) atoms. The second-order valence-electron chi connectivity index (χ2n) is 7.17. The number of nitrogens with zero attached hydrogens (tertiary/aromatic N) is 3. The quantitative estimate of drug-likeness (QED) is 0.186. The lowest BCUT2D eigenvalue weighted by Crippen LogP contribution is -2.37. The molecule has 8 nitrogen and oxygen atoms in total. The molecule has 0 heterocycles. The molecular weight excluding hydrogens is 392 g/mol. The summed E-state index contributed by atoms with van der Waals surface area (Å²) in [4.78, 5) is 4.17. The molecule has 0 aliphatic rings. The summed E-state index contributed by atoms with van der Waals surface area (Å²) >= 11 is 0. The molecule has 0 aliphatic carbocycles.